The molecule has 0 radical (unpaired) electrons. The number of esters is 1. The predicted octanol–water partition coefficient (Wildman–Crippen LogP) is 4.56. The number of rotatable bonds is 6. The molecule has 0 fully saturated rings. The van der Waals surface area contributed by atoms with E-state index in [4.69, 9.17) is 16.3 Å². The first kappa shape index (κ1) is 18.6. The molecule has 3 aromatic rings. The van der Waals surface area contributed by atoms with Crippen molar-refractivity contribution in [1.82, 2.24) is 4.98 Å². The number of hydrogen-bond acceptors (Lipinski definition) is 6. The molecule has 1 aromatic carbocycles. The second-order valence-corrected chi connectivity index (χ2v) is 7.50. The van der Waals surface area contributed by atoms with Gasteiger partial charge in [-0.3, -0.25) is 9.59 Å². The lowest BCUT2D eigenvalue weighted by atomic mass is 10.2. The van der Waals surface area contributed by atoms with Crippen LogP contribution in [0.2, 0.25) is 5.02 Å². The first-order valence-electron chi connectivity index (χ1n) is 7.70. The number of thiazole rings is 1. The molecule has 134 valence electrons. The summed E-state index contributed by atoms with van der Waals surface area (Å²) in [6.07, 6.45) is 0.0319. The van der Waals surface area contributed by atoms with E-state index in [9.17, 15) is 9.59 Å². The molecule has 0 saturated heterocycles. The van der Waals surface area contributed by atoms with E-state index in [0.717, 1.165) is 16.1 Å². The van der Waals surface area contributed by atoms with E-state index in [1.807, 2.05) is 22.2 Å². The molecule has 0 spiro atoms. The van der Waals surface area contributed by atoms with Gasteiger partial charge in [0, 0.05) is 27.0 Å². The van der Waals surface area contributed by atoms with Crippen LogP contribution in [0, 0.1) is 6.92 Å². The monoisotopic (exact) mass is 406 g/mol. The normalized spacial score (nSPS) is 10.5. The molecular formula is C18H15ClN2O3S2. The molecule has 1 amide bonds. The van der Waals surface area contributed by atoms with E-state index < -0.39 is 11.9 Å². The molecule has 0 bridgehead atoms. The molecule has 0 atom stereocenters. The molecule has 0 saturated carbocycles. The van der Waals surface area contributed by atoms with Crippen LogP contribution < -0.4 is 5.32 Å². The minimum absolute atomic E-state index is 0.0319. The third kappa shape index (κ3) is 4.69. The lowest BCUT2D eigenvalue weighted by molar-refractivity contribution is -0.146. The molecule has 2 aromatic heterocycles. The van der Waals surface area contributed by atoms with Gasteiger partial charge in [-0.15, -0.1) is 11.3 Å². The topological polar surface area (TPSA) is 68.3 Å². The van der Waals surface area contributed by atoms with Crippen molar-refractivity contribution >= 4 is 51.8 Å². The average Bonchev–Trinajstić information content (AvgIpc) is 3.28. The zero-order valence-corrected chi connectivity index (χ0v) is 16.2. The van der Waals surface area contributed by atoms with E-state index in [0.29, 0.717) is 16.4 Å². The van der Waals surface area contributed by atoms with Gasteiger partial charge in [0.15, 0.2) is 6.61 Å². The van der Waals surface area contributed by atoms with Gasteiger partial charge in [0.1, 0.15) is 5.01 Å². The van der Waals surface area contributed by atoms with E-state index in [2.05, 4.69) is 10.3 Å². The third-order valence-corrected chi connectivity index (χ3v) is 5.58. The molecule has 0 unspecified atom stereocenters. The number of carbonyl (C=O) groups excluding carboxylic acids is 2. The fourth-order valence-electron chi connectivity index (χ4n) is 2.18. The van der Waals surface area contributed by atoms with Crippen molar-refractivity contribution in [3.8, 4) is 10.6 Å². The number of amides is 1. The summed E-state index contributed by atoms with van der Waals surface area (Å²) in [6.45, 7) is 1.45. The van der Waals surface area contributed by atoms with Crippen LogP contribution in [-0.4, -0.2) is 23.5 Å². The minimum Gasteiger partial charge on any atom is -0.455 e. The standard InChI is InChI=1S/C18H15ClN2O3S2/c1-11-14(19)3-2-4-15(11)21-16(22)8-24-17(23)7-13-10-26-18(20-13)12-5-6-25-9-12/h2-6,9-10H,7-8H2,1H3,(H,21,22). The van der Waals surface area contributed by atoms with Gasteiger partial charge in [-0.1, -0.05) is 17.7 Å². The van der Waals surface area contributed by atoms with E-state index in [1.165, 1.54) is 11.3 Å². The second kappa shape index (κ2) is 8.44. The maximum atomic E-state index is 11.9. The van der Waals surface area contributed by atoms with Crippen molar-refractivity contribution in [2.24, 2.45) is 0 Å². The van der Waals surface area contributed by atoms with Crippen molar-refractivity contribution in [1.29, 1.82) is 0 Å². The summed E-state index contributed by atoms with van der Waals surface area (Å²) in [5, 5.41) is 9.91. The summed E-state index contributed by atoms with van der Waals surface area (Å²) >= 11 is 9.08. The highest BCUT2D eigenvalue weighted by Gasteiger charge is 2.13. The van der Waals surface area contributed by atoms with Crippen LogP contribution in [0.25, 0.3) is 10.6 Å². The van der Waals surface area contributed by atoms with Crippen LogP contribution in [0.1, 0.15) is 11.3 Å². The lowest BCUT2D eigenvalue weighted by Gasteiger charge is -2.09. The zero-order valence-electron chi connectivity index (χ0n) is 13.8. The van der Waals surface area contributed by atoms with Crippen LogP contribution in [-0.2, 0) is 20.7 Å². The molecule has 0 aliphatic heterocycles. The van der Waals surface area contributed by atoms with Gasteiger partial charge < -0.3 is 10.1 Å². The largest absolute Gasteiger partial charge is 0.455 e. The minimum atomic E-state index is -0.495. The number of aromatic nitrogens is 1. The predicted molar refractivity (Wildman–Crippen MR) is 105 cm³/mol. The first-order valence-corrected chi connectivity index (χ1v) is 9.90. The van der Waals surface area contributed by atoms with Crippen LogP contribution in [0.4, 0.5) is 5.69 Å². The molecule has 8 heteroatoms. The number of carbonyl (C=O) groups is 2. The SMILES string of the molecule is Cc1c(Cl)cccc1NC(=O)COC(=O)Cc1csc(-c2ccsc2)n1. The Kier molecular flexibility index (Phi) is 6.03. The lowest BCUT2D eigenvalue weighted by Crippen LogP contribution is -2.22. The number of hydrogen-bond donors (Lipinski definition) is 1. The summed E-state index contributed by atoms with van der Waals surface area (Å²) in [5.41, 5.74) is 3.03. The number of nitrogens with one attached hydrogen (secondary N) is 1. The van der Waals surface area contributed by atoms with Gasteiger partial charge >= 0.3 is 5.97 Å². The Hall–Kier alpha value is -2.22. The number of benzene rings is 1. The van der Waals surface area contributed by atoms with Gasteiger partial charge in [0.2, 0.25) is 0 Å². The Bertz CT molecular complexity index is 922. The fourth-order valence-corrected chi connectivity index (χ4v) is 3.89. The summed E-state index contributed by atoms with van der Waals surface area (Å²) in [5.74, 6) is -0.911. The smallest absolute Gasteiger partial charge is 0.312 e. The number of anilines is 1. The number of nitrogens with zero attached hydrogens (tertiary/aromatic N) is 1. The Morgan fingerprint density at radius 3 is 2.88 bits per heavy atom. The Labute approximate surface area is 163 Å². The van der Waals surface area contributed by atoms with Crippen LogP contribution in [0.5, 0.6) is 0 Å². The summed E-state index contributed by atoms with van der Waals surface area (Å²) in [6, 6.07) is 7.20. The number of halogens is 1. The zero-order chi connectivity index (χ0) is 18.5. The van der Waals surface area contributed by atoms with Gasteiger partial charge in [-0.2, -0.15) is 11.3 Å². The van der Waals surface area contributed by atoms with E-state index in [-0.39, 0.29) is 13.0 Å². The summed E-state index contributed by atoms with van der Waals surface area (Å²) in [4.78, 5) is 28.3. The van der Waals surface area contributed by atoms with Crippen molar-refractivity contribution < 1.29 is 14.3 Å². The van der Waals surface area contributed by atoms with Crippen molar-refractivity contribution in [2.45, 2.75) is 13.3 Å². The third-order valence-electron chi connectivity index (χ3n) is 3.55. The summed E-state index contributed by atoms with van der Waals surface area (Å²) in [7, 11) is 0. The van der Waals surface area contributed by atoms with Crippen LogP contribution >= 0.6 is 34.3 Å². The molecular weight excluding hydrogens is 392 g/mol. The Balaban J connectivity index is 1.49. The fraction of sp³-hybridized carbons (Fsp3) is 0.167. The molecule has 0 aliphatic carbocycles. The number of ether oxygens (including phenoxy) is 1. The van der Waals surface area contributed by atoms with Crippen molar-refractivity contribution in [2.75, 3.05) is 11.9 Å². The van der Waals surface area contributed by atoms with E-state index in [1.54, 1.807) is 36.5 Å². The molecule has 26 heavy (non-hydrogen) atoms. The highest BCUT2D eigenvalue weighted by molar-refractivity contribution is 7.14. The van der Waals surface area contributed by atoms with Crippen molar-refractivity contribution in [3.63, 3.8) is 0 Å². The van der Waals surface area contributed by atoms with E-state index >= 15 is 0 Å². The maximum absolute atomic E-state index is 11.9. The Morgan fingerprint density at radius 1 is 1.27 bits per heavy atom. The van der Waals surface area contributed by atoms with Gasteiger partial charge in [0.25, 0.3) is 5.91 Å². The van der Waals surface area contributed by atoms with Crippen LogP contribution in [0.3, 0.4) is 0 Å². The molecule has 2 heterocycles. The van der Waals surface area contributed by atoms with Gasteiger partial charge in [0.05, 0.1) is 12.1 Å². The molecule has 0 aliphatic rings. The van der Waals surface area contributed by atoms with Gasteiger partial charge in [-0.25, -0.2) is 4.98 Å². The van der Waals surface area contributed by atoms with Crippen molar-refractivity contribution in [3.05, 3.63) is 56.7 Å². The Morgan fingerprint density at radius 2 is 2.12 bits per heavy atom. The summed E-state index contributed by atoms with van der Waals surface area (Å²) < 4.78 is 5.03. The maximum Gasteiger partial charge on any atom is 0.312 e. The van der Waals surface area contributed by atoms with Gasteiger partial charge in [-0.05, 0) is 36.1 Å². The first-order chi connectivity index (χ1) is 12.5. The quantitative estimate of drug-likeness (QED) is 0.609. The molecule has 5 nitrogen and oxygen atoms in total. The highest BCUT2D eigenvalue weighted by Crippen LogP contribution is 2.26. The molecule has 3 rings (SSSR count). The highest BCUT2D eigenvalue weighted by atomic mass is 35.5. The average molecular weight is 407 g/mol. The number of thiophene rings is 1. The molecule has 1 N–H and O–H groups in total. The van der Waals surface area contributed by atoms with Crippen LogP contribution in [0.15, 0.2) is 40.4 Å². The second-order valence-electron chi connectivity index (χ2n) is 5.45.